The molecule has 2 aromatic rings. The number of aryl methyl sites for hydroxylation is 1. The number of benzene rings is 2. The standard InChI is InChI=1S/C27H32N2O3S/c1-18-4-3-5-22(16-18)25-24-17-23(32-19(2)26(30)28-12-14-33-15-13-28)9-8-20(24)10-11-29(25)27(31)21-6-7-21/h3-5,8-9,16-17,19,21,25H,6-7,10-15H2,1-2H3. The molecule has 2 fully saturated rings. The van der Waals surface area contributed by atoms with Crippen molar-refractivity contribution in [3.8, 4) is 5.75 Å². The SMILES string of the molecule is Cc1cccc(C2c3cc(OC(C)C(=O)N4CCSCC4)ccc3CCN2C(=O)C2CC2)c1. The van der Waals surface area contributed by atoms with Gasteiger partial charge >= 0.3 is 0 Å². The van der Waals surface area contributed by atoms with E-state index in [1.54, 1.807) is 0 Å². The minimum Gasteiger partial charge on any atom is -0.481 e. The molecule has 0 aromatic heterocycles. The molecule has 2 amide bonds. The van der Waals surface area contributed by atoms with Gasteiger partial charge in [0.2, 0.25) is 5.91 Å². The number of amides is 2. The van der Waals surface area contributed by atoms with Crippen molar-refractivity contribution in [1.29, 1.82) is 0 Å². The number of carbonyl (C=O) groups is 2. The molecule has 2 aromatic carbocycles. The van der Waals surface area contributed by atoms with Gasteiger partial charge in [-0.25, -0.2) is 0 Å². The molecule has 2 heterocycles. The van der Waals surface area contributed by atoms with Crippen LogP contribution in [0.2, 0.25) is 0 Å². The first-order valence-electron chi connectivity index (χ1n) is 12.0. The van der Waals surface area contributed by atoms with Gasteiger partial charge in [0, 0.05) is 37.1 Å². The molecule has 33 heavy (non-hydrogen) atoms. The molecule has 2 atom stereocenters. The lowest BCUT2D eigenvalue weighted by atomic mass is 9.87. The molecule has 1 saturated heterocycles. The second-order valence-electron chi connectivity index (χ2n) is 9.43. The average Bonchev–Trinajstić information content (AvgIpc) is 3.68. The van der Waals surface area contributed by atoms with Crippen LogP contribution in [-0.4, -0.2) is 58.9 Å². The molecule has 0 radical (unpaired) electrons. The Bertz CT molecular complexity index is 1050. The van der Waals surface area contributed by atoms with Crippen molar-refractivity contribution in [1.82, 2.24) is 9.80 Å². The first-order valence-corrected chi connectivity index (χ1v) is 13.2. The number of hydrogen-bond donors (Lipinski definition) is 0. The molecule has 0 spiro atoms. The van der Waals surface area contributed by atoms with Crippen molar-refractivity contribution in [3.63, 3.8) is 0 Å². The Morgan fingerprint density at radius 3 is 2.58 bits per heavy atom. The highest BCUT2D eigenvalue weighted by atomic mass is 32.2. The summed E-state index contributed by atoms with van der Waals surface area (Å²) in [4.78, 5) is 30.1. The second kappa shape index (κ2) is 9.41. The highest BCUT2D eigenvalue weighted by Gasteiger charge is 2.39. The number of nitrogens with zero attached hydrogens (tertiary/aromatic N) is 2. The molecule has 0 N–H and O–H groups in total. The third-order valence-corrected chi connectivity index (χ3v) is 7.84. The zero-order valence-electron chi connectivity index (χ0n) is 19.5. The van der Waals surface area contributed by atoms with Crippen LogP contribution in [0.25, 0.3) is 0 Å². The maximum Gasteiger partial charge on any atom is 0.263 e. The van der Waals surface area contributed by atoms with Gasteiger partial charge in [0.1, 0.15) is 5.75 Å². The second-order valence-corrected chi connectivity index (χ2v) is 10.7. The van der Waals surface area contributed by atoms with E-state index in [2.05, 4.69) is 48.2 Å². The van der Waals surface area contributed by atoms with E-state index in [4.69, 9.17) is 4.74 Å². The number of ether oxygens (including phenoxy) is 1. The van der Waals surface area contributed by atoms with Crippen LogP contribution in [0.1, 0.15) is 48.1 Å². The highest BCUT2D eigenvalue weighted by molar-refractivity contribution is 7.99. The van der Waals surface area contributed by atoms with Crippen LogP contribution in [-0.2, 0) is 16.0 Å². The van der Waals surface area contributed by atoms with Crippen LogP contribution in [0.5, 0.6) is 5.75 Å². The van der Waals surface area contributed by atoms with E-state index in [0.29, 0.717) is 5.75 Å². The fraction of sp³-hybridized carbons (Fsp3) is 0.481. The van der Waals surface area contributed by atoms with Gasteiger partial charge in [-0.1, -0.05) is 35.9 Å². The number of thioether (sulfide) groups is 1. The molecule has 0 bridgehead atoms. The highest BCUT2D eigenvalue weighted by Crippen LogP contribution is 2.41. The van der Waals surface area contributed by atoms with E-state index in [0.717, 1.165) is 61.5 Å². The predicted octanol–water partition coefficient (Wildman–Crippen LogP) is 4.22. The summed E-state index contributed by atoms with van der Waals surface area (Å²) in [6.07, 6.45) is 2.31. The summed E-state index contributed by atoms with van der Waals surface area (Å²) in [5.74, 6) is 3.16. The molecular weight excluding hydrogens is 432 g/mol. The van der Waals surface area contributed by atoms with Crippen LogP contribution in [0.4, 0.5) is 0 Å². The van der Waals surface area contributed by atoms with Gasteiger partial charge in [0.05, 0.1) is 6.04 Å². The van der Waals surface area contributed by atoms with Crippen molar-refractivity contribution in [2.45, 2.75) is 45.3 Å². The maximum absolute atomic E-state index is 13.2. The lowest BCUT2D eigenvalue weighted by Gasteiger charge is -2.38. The van der Waals surface area contributed by atoms with Crippen LogP contribution in [0.3, 0.4) is 0 Å². The van der Waals surface area contributed by atoms with Crippen LogP contribution >= 0.6 is 11.8 Å². The smallest absolute Gasteiger partial charge is 0.263 e. The third-order valence-electron chi connectivity index (χ3n) is 6.90. The molecule has 1 aliphatic carbocycles. The maximum atomic E-state index is 13.2. The van der Waals surface area contributed by atoms with Gasteiger partial charge < -0.3 is 14.5 Å². The summed E-state index contributed by atoms with van der Waals surface area (Å²) in [7, 11) is 0. The number of carbonyl (C=O) groups excluding carboxylic acids is 2. The van der Waals surface area contributed by atoms with Gasteiger partial charge in [-0.3, -0.25) is 9.59 Å². The first kappa shape index (κ1) is 22.3. The van der Waals surface area contributed by atoms with Gasteiger partial charge in [-0.15, -0.1) is 0 Å². The van der Waals surface area contributed by atoms with Crippen molar-refractivity contribution in [3.05, 3.63) is 64.7 Å². The fourth-order valence-corrected chi connectivity index (χ4v) is 5.87. The van der Waals surface area contributed by atoms with Crippen molar-refractivity contribution in [2.75, 3.05) is 31.1 Å². The van der Waals surface area contributed by atoms with E-state index < -0.39 is 6.10 Å². The molecule has 2 aliphatic heterocycles. The largest absolute Gasteiger partial charge is 0.481 e. The first-order chi connectivity index (χ1) is 16.0. The summed E-state index contributed by atoms with van der Waals surface area (Å²) in [6.45, 7) is 6.24. The van der Waals surface area contributed by atoms with E-state index in [-0.39, 0.29) is 23.8 Å². The summed E-state index contributed by atoms with van der Waals surface area (Å²) in [5.41, 5.74) is 4.69. The summed E-state index contributed by atoms with van der Waals surface area (Å²) >= 11 is 1.89. The van der Waals surface area contributed by atoms with Crippen molar-refractivity contribution in [2.24, 2.45) is 5.92 Å². The van der Waals surface area contributed by atoms with Crippen molar-refractivity contribution >= 4 is 23.6 Å². The Kier molecular flexibility index (Phi) is 6.37. The number of rotatable bonds is 5. The van der Waals surface area contributed by atoms with Gasteiger partial charge in [0.15, 0.2) is 6.10 Å². The minimum atomic E-state index is -0.531. The lowest BCUT2D eigenvalue weighted by Crippen LogP contribution is -2.44. The van der Waals surface area contributed by atoms with E-state index in [1.807, 2.05) is 29.7 Å². The Morgan fingerprint density at radius 1 is 1.06 bits per heavy atom. The topological polar surface area (TPSA) is 49.9 Å². The van der Waals surface area contributed by atoms with Gasteiger partial charge in [-0.2, -0.15) is 11.8 Å². The minimum absolute atomic E-state index is 0.0498. The molecule has 174 valence electrons. The van der Waals surface area contributed by atoms with Gasteiger partial charge in [0.25, 0.3) is 5.91 Å². The third kappa shape index (κ3) is 4.77. The summed E-state index contributed by atoms with van der Waals surface area (Å²) < 4.78 is 6.16. The molecule has 5 rings (SSSR count). The van der Waals surface area contributed by atoms with E-state index in [9.17, 15) is 9.59 Å². The lowest BCUT2D eigenvalue weighted by molar-refractivity contribution is -0.137. The van der Waals surface area contributed by atoms with Crippen LogP contribution in [0.15, 0.2) is 42.5 Å². The molecular formula is C27H32N2O3S. The zero-order chi connectivity index (χ0) is 22.9. The normalized spacial score (nSPS) is 21.3. The van der Waals surface area contributed by atoms with E-state index >= 15 is 0 Å². The van der Waals surface area contributed by atoms with Crippen LogP contribution in [0, 0.1) is 12.8 Å². The predicted molar refractivity (Wildman–Crippen MR) is 132 cm³/mol. The Hall–Kier alpha value is -2.47. The Morgan fingerprint density at radius 2 is 1.85 bits per heavy atom. The quantitative estimate of drug-likeness (QED) is 0.665. The molecule has 6 heteroatoms. The zero-order valence-corrected chi connectivity index (χ0v) is 20.3. The molecule has 1 saturated carbocycles. The number of fused-ring (bicyclic) bond motifs is 1. The molecule has 2 unspecified atom stereocenters. The number of hydrogen-bond acceptors (Lipinski definition) is 4. The Labute approximate surface area is 200 Å². The summed E-state index contributed by atoms with van der Waals surface area (Å²) in [5, 5.41) is 0. The monoisotopic (exact) mass is 464 g/mol. The van der Waals surface area contributed by atoms with E-state index in [1.165, 1.54) is 11.1 Å². The van der Waals surface area contributed by atoms with Gasteiger partial charge in [-0.05, 0) is 61.9 Å². The fourth-order valence-electron chi connectivity index (χ4n) is 4.96. The summed E-state index contributed by atoms with van der Waals surface area (Å²) in [6, 6.07) is 14.5. The molecule has 3 aliphatic rings. The molecule has 5 nitrogen and oxygen atoms in total. The average molecular weight is 465 g/mol. The van der Waals surface area contributed by atoms with Crippen molar-refractivity contribution < 1.29 is 14.3 Å². The Balaban J connectivity index is 1.44. The van der Waals surface area contributed by atoms with Crippen LogP contribution < -0.4 is 4.74 Å².